The van der Waals surface area contributed by atoms with Crippen LogP contribution in [0.4, 0.5) is 4.39 Å². The van der Waals surface area contributed by atoms with Crippen LogP contribution in [0.3, 0.4) is 0 Å². The summed E-state index contributed by atoms with van der Waals surface area (Å²) in [4.78, 5) is 10.5. The quantitative estimate of drug-likeness (QED) is 0.807. The number of hydrogen-bond donors (Lipinski definition) is 1. The van der Waals surface area contributed by atoms with E-state index in [0.717, 1.165) is 0 Å². The Bertz CT molecular complexity index is 368. The van der Waals surface area contributed by atoms with Crippen LogP contribution in [0, 0.1) is 5.82 Å². The molecular formula is C9H10FNO2S. The fourth-order valence-corrected chi connectivity index (χ4v) is 2.05. The van der Waals surface area contributed by atoms with Crippen LogP contribution >= 0.6 is 0 Å². The zero-order valence-corrected chi connectivity index (χ0v) is 8.22. The first-order valence-electron chi connectivity index (χ1n) is 4.02. The molecule has 1 atom stereocenters. The second-order valence-corrected chi connectivity index (χ2v) is 4.24. The highest BCUT2D eigenvalue weighted by Crippen LogP contribution is 2.11. The summed E-state index contributed by atoms with van der Waals surface area (Å²) in [6.07, 6.45) is 0.000938. The highest BCUT2D eigenvalue weighted by atomic mass is 32.2. The van der Waals surface area contributed by atoms with E-state index >= 15 is 0 Å². The number of benzene rings is 1. The Balaban J connectivity index is 2.70. The van der Waals surface area contributed by atoms with Crippen LogP contribution in [0.2, 0.25) is 0 Å². The number of nitrogens with two attached hydrogens (primary N) is 1. The molecule has 0 aliphatic rings. The van der Waals surface area contributed by atoms with Gasteiger partial charge in [-0.15, -0.1) is 0 Å². The summed E-state index contributed by atoms with van der Waals surface area (Å²) < 4.78 is 24.5. The average Bonchev–Trinajstić information content (AvgIpc) is 2.15. The maximum Gasteiger partial charge on any atom is 0.218 e. The van der Waals surface area contributed by atoms with Crippen LogP contribution in [0.5, 0.6) is 0 Å². The van der Waals surface area contributed by atoms with Crippen molar-refractivity contribution < 1.29 is 13.4 Å². The van der Waals surface area contributed by atoms with Gasteiger partial charge in [0.05, 0.1) is 15.7 Å². The summed E-state index contributed by atoms with van der Waals surface area (Å²) in [5, 5.41) is 0. The monoisotopic (exact) mass is 215 g/mol. The molecule has 0 aromatic heterocycles. The summed E-state index contributed by atoms with van der Waals surface area (Å²) >= 11 is 0. The minimum absolute atomic E-state index is 0.000938. The summed E-state index contributed by atoms with van der Waals surface area (Å²) in [7, 11) is -1.49. The van der Waals surface area contributed by atoms with Gasteiger partial charge in [-0.1, -0.05) is 12.1 Å². The largest absolute Gasteiger partial charge is 0.370 e. The Labute approximate surface area is 83.6 Å². The van der Waals surface area contributed by atoms with Gasteiger partial charge in [0, 0.05) is 12.2 Å². The molecule has 0 saturated carbocycles. The van der Waals surface area contributed by atoms with Gasteiger partial charge in [0.25, 0.3) is 0 Å². The minimum atomic E-state index is -1.49. The van der Waals surface area contributed by atoms with E-state index in [-0.39, 0.29) is 17.1 Å². The van der Waals surface area contributed by atoms with Gasteiger partial charge in [-0.2, -0.15) is 0 Å². The van der Waals surface area contributed by atoms with Crippen molar-refractivity contribution in [3.8, 4) is 0 Å². The molecule has 76 valence electrons. The highest BCUT2D eigenvalue weighted by molar-refractivity contribution is 7.85. The number of amides is 1. The molecule has 0 bridgehead atoms. The van der Waals surface area contributed by atoms with Crippen molar-refractivity contribution in [1.29, 1.82) is 0 Å². The first-order valence-corrected chi connectivity index (χ1v) is 5.34. The molecule has 2 N–H and O–H groups in total. The predicted octanol–water partition coefficient (Wildman–Crippen LogP) is 0.809. The maximum atomic E-state index is 13.1. The van der Waals surface area contributed by atoms with E-state index in [9.17, 15) is 13.4 Å². The lowest BCUT2D eigenvalue weighted by Gasteiger charge is -2.01. The van der Waals surface area contributed by atoms with Crippen LogP contribution in [0.25, 0.3) is 0 Å². The number of carbonyl (C=O) groups excluding carboxylic acids is 1. The normalized spacial score (nSPS) is 12.4. The number of rotatable bonds is 4. The smallest absolute Gasteiger partial charge is 0.218 e. The third-order valence-electron chi connectivity index (χ3n) is 1.62. The van der Waals surface area contributed by atoms with E-state index < -0.39 is 22.5 Å². The fraction of sp³-hybridized carbons (Fsp3) is 0.222. The fourth-order valence-electron chi connectivity index (χ4n) is 0.933. The van der Waals surface area contributed by atoms with Crippen molar-refractivity contribution in [1.82, 2.24) is 0 Å². The molecule has 0 heterocycles. The van der Waals surface area contributed by atoms with Gasteiger partial charge in [0.1, 0.15) is 5.82 Å². The van der Waals surface area contributed by atoms with Crippen molar-refractivity contribution in [3.63, 3.8) is 0 Å². The van der Waals surface area contributed by atoms with Crippen molar-refractivity contribution in [2.45, 2.75) is 11.3 Å². The maximum absolute atomic E-state index is 13.1. The summed E-state index contributed by atoms with van der Waals surface area (Å²) in [5.41, 5.74) is 4.89. The molecule has 0 fully saturated rings. The first-order chi connectivity index (χ1) is 6.61. The van der Waals surface area contributed by atoms with Crippen LogP contribution < -0.4 is 5.73 Å². The van der Waals surface area contributed by atoms with Crippen LogP contribution in [0.1, 0.15) is 6.42 Å². The molecule has 14 heavy (non-hydrogen) atoms. The van der Waals surface area contributed by atoms with Crippen molar-refractivity contribution in [2.24, 2.45) is 5.73 Å². The predicted molar refractivity (Wildman–Crippen MR) is 51.5 cm³/mol. The molecule has 1 aromatic rings. The molecule has 3 nitrogen and oxygen atoms in total. The van der Waals surface area contributed by atoms with E-state index in [1.807, 2.05) is 0 Å². The lowest BCUT2D eigenvalue weighted by molar-refractivity contribution is -0.117. The van der Waals surface area contributed by atoms with Crippen molar-refractivity contribution >= 4 is 16.7 Å². The lowest BCUT2D eigenvalue weighted by Crippen LogP contribution is -2.14. The molecule has 1 aromatic carbocycles. The second-order valence-electron chi connectivity index (χ2n) is 2.70. The Kier molecular flexibility index (Phi) is 3.76. The van der Waals surface area contributed by atoms with E-state index in [2.05, 4.69) is 0 Å². The number of carbonyl (C=O) groups is 1. The highest BCUT2D eigenvalue weighted by Gasteiger charge is 2.09. The zero-order valence-electron chi connectivity index (χ0n) is 7.40. The minimum Gasteiger partial charge on any atom is -0.370 e. The summed E-state index contributed by atoms with van der Waals surface area (Å²) in [5.74, 6) is -0.985. The Hall–Kier alpha value is -1.23. The molecule has 1 amide bonds. The molecule has 5 heteroatoms. The summed E-state index contributed by atoms with van der Waals surface area (Å²) in [6.45, 7) is 0. The van der Waals surface area contributed by atoms with Gasteiger partial charge in [0.15, 0.2) is 0 Å². The lowest BCUT2D eigenvalue weighted by atomic mass is 10.3. The second kappa shape index (κ2) is 4.85. The molecule has 0 radical (unpaired) electrons. The first kappa shape index (κ1) is 10.8. The van der Waals surface area contributed by atoms with Gasteiger partial charge >= 0.3 is 0 Å². The molecule has 0 aliphatic heterocycles. The zero-order chi connectivity index (χ0) is 10.6. The van der Waals surface area contributed by atoms with Gasteiger partial charge in [-0.3, -0.25) is 9.00 Å². The third-order valence-corrected chi connectivity index (χ3v) is 3.01. The molecule has 0 aliphatic carbocycles. The van der Waals surface area contributed by atoms with E-state index in [4.69, 9.17) is 5.73 Å². The van der Waals surface area contributed by atoms with Gasteiger partial charge in [0.2, 0.25) is 5.91 Å². The van der Waals surface area contributed by atoms with E-state index in [1.165, 1.54) is 18.2 Å². The number of hydrogen-bond acceptors (Lipinski definition) is 2. The molecule has 1 rings (SSSR count). The molecule has 0 spiro atoms. The molecule has 1 unspecified atom stereocenters. The Morgan fingerprint density at radius 3 is 2.64 bits per heavy atom. The Morgan fingerprint density at radius 2 is 2.07 bits per heavy atom. The van der Waals surface area contributed by atoms with Crippen LogP contribution in [-0.4, -0.2) is 15.9 Å². The average molecular weight is 215 g/mol. The van der Waals surface area contributed by atoms with Crippen molar-refractivity contribution in [2.75, 3.05) is 5.75 Å². The van der Waals surface area contributed by atoms with E-state index in [0.29, 0.717) is 0 Å². The topological polar surface area (TPSA) is 60.2 Å². The van der Waals surface area contributed by atoms with Gasteiger partial charge in [-0.25, -0.2) is 4.39 Å². The molecule has 0 saturated heterocycles. The van der Waals surface area contributed by atoms with E-state index in [1.54, 1.807) is 6.07 Å². The van der Waals surface area contributed by atoms with Gasteiger partial charge < -0.3 is 5.73 Å². The van der Waals surface area contributed by atoms with Crippen LogP contribution in [0.15, 0.2) is 29.2 Å². The Morgan fingerprint density at radius 1 is 1.43 bits per heavy atom. The van der Waals surface area contributed by atoms with Crippen molar-refractivity contribution in [3.05, 3.63) is 30.1 Å². The third kappa shape index (κ3) is 2.92. The van der Waals surface area contributed by atoms with Crippen LogP contribution in [-0.2, 0) is 15.6 Å². The molecular weight excluding hydrogens is 205 g/mol. The number of primary amides is 1. The SMILES string of the molecule is NC(=O)CCS(=O)c1ccccc1F. The number of halogens is 1. The summed E-state index contributed by atoms with van der Waals surface area (Å²) in [6, 6.07) is 5.79. The standard InChI is InChI=1S/C9H10FNO2S/c10-7-3-1-2-4-8(7)14(13)6-5-9(11)12/h1-4H,5-6H2,(H2,11,12). The van der Waals surface area contributed by atoms with Gasteiger partial charge in [-0.05, 0) is 12.1 Å².